The summed E-state index contributed by atoms with van der Waals surface area (Å²) in [6.45, 7) is 3.42. The molecular weight excluding hydrogens is 324 g/mol. The Morgan fingerprint density at radius 2 is 1.73 bits per heavy atom. The highest BCUT2D eigenvalue weighted by atomic mass is 16.2. The van der Waals surface area contributed by atoms with E-state index in [2.05, 4.69) is 45.9 Å². The molecule has 2 aromatic rings. The Balaban J connectivity index is 1.37. The van der Waals surface area contributed by atoms with E-state index in [0.29, 0.717) is 12.1 Å². The molecule has 0 unspecified atom stereocenters. The normalized spacial score (nSPS) is 15.2. The van der Waals surface area contributed by atoms with Crippen molar-refractivity contribution in [2.24, 2.45) is 0 Å². The predicted molar refractivity (Wildman–Crippen MR) is 101 cm³/mol. The number of likely N-dealkylation sites (tertiary alicyclic amines) is 1. The molecule has 3 rings (SSSR count). The first-order chi connectivity index (χ1) is 12.7. The number of carbonyl (C=O) groups excluding carboxylic acids is 1. The number of rotatable bonds is 5. The molecule has 0 atom stereocenters. The fraction of sp³-hybridized carbons (Fsp3) is 0.333. The Labute approximate surface area is 154 Å². The van der Waals surface area contributed by atoms with Gasteiger partial charge in [-0.15, -0.1) is 0 Å². The maximum absolute atomic E-state index is 12.1. The molecule has 2 amide bonds. The lowest BCUT2D eigenvalue weighted by molar-refractivity contribution is 0.186. The summed E-state index contributed by atoms with van der Waals surface area (Å²) in [5.74, 6) is 0. The summed E-state index contributed by atoms with van der Waals surface area (Å²) in [6.07, 6.45) is 1.94. The van der Waals surface area contributed by atoms with Crippen molar-refractivity contribution in [3.05, 3.63) is 71.3 Å². The number of piperidine rings is 1. The van der Waals surface area contributed by atoms with Crippen molar-refractivity contribution in [1.82, 2.24) is 15.5 Å². The Bertz CT molecular complexity index is 744. The second-order valence-corrected chi connectivity index (χ2v) is 6.67. The van der Waals surface area contributed by atoms with Crippen LogP contribution in [0.15, 0.2) is 54.6 Å². The highest BCUT2D eigenvalue weighted by molar-refractivity contribution is 5.74. The first kappa shape index (κ1) is 18.0. The van der Waals surface area contributed by atoms with E-state index in [9.17, 15) is 4.79 Å². The number of amides is 2. The molecule has 0 saturated carbocycles. The number of nitriles is 1. The molecule has 5 heteroatoms. The molecule has 1 fully saturated rings. The van der Waals surface area contributed by atoms with Crippen LogP contribution in [0.4, 0.5) is 4.79 Å². The van der Waals surface area contributed by atoms with Gasteiger partial charge >= 0.3 is 6.03 Å². The average Bonchev–Trinajstić information content (AvgIpc) is 2.69. The Morgan fingerprint density at radius 3 is 2.38 bits per heavy atom. The van der Waals surface area contributed by atoms with Crippen molar-refractivity contribution >= 4 is 6.03 Å². The number of hydrogen-bond donors (Lipinski definition) is 2. The van der Waals surface area contributed by atoms with Crippen LogP contribution in [0.5, 0.6) is 0 Å². The molecule has 1 heterocycles. The standard InChI is InChI=1S/C21H24N4O/c22-14-17-6-8-18(9-7-17)15-23-21(26)24-20-10-12-25(13-11-20)16-19-4-2-1-3-5-19/h1-9,20H,10-13,15-16H2,(H2,23,24,26). The van der Waals surface area contributed by atoms with Crippen molar-refractivity contribution in [3.8, 4) is 6.07 Å². The quantitative estimate of drug-likeness (QED) is 0.873. The summed E-state index contributed by atoms with van der Waals surface area (Å²) >= 11 is 0. The van der Waals surface area contributed by atoms with Gasteiger partial charge in [-0.3, -0.25) is 4.90 Å². The molecular formula is C21H24N4O. The van der Waals surface area contributed by atoms with Crippen LogP contribution in [-0.4, -0.2) is 30.1 Å². The van der Waals surface area contributed by atoms with E-state index >= 15 is 0 Å². The maximum atomic E-state index is 12.1. The summed E-state index contributed by atoms with van der Waals surface area (Å²) in [6, 6.07) is 19.9. The number of urea groups is 1. The van der Waals surface area contributed by atoms with E-state index in [0.717, 1.165) is 38.0 Å². The average molecular weight is 348 g/mol. The molecule has 0 radical (unpaired) electrons. The first-order valence-electron chi connectivity index (χ1n) is 9.02. The third-order valence-corrected chi connectivity index (χ3v) is 4.71. The third-order valence-electron chi connectivity index (χ3n) is 4.71. The van der Waals surface area contributed by atoms with Crippen LogP contribution in [0.3, 0.4) is 0 Å². The van der Waals surface area contributed by atoms with Gasteiger partial charge in [-0.2, -0.15) is 5.26 Å². The molecule has 2 aromatic carbocycles. The van der Waals surface area contributed by atoms with Crippen LogP contribution >= 0.6 is 0 Å². The summed E-state index contributed by atoms with van der Waals surface area (Å²) in [7, 11) is 0. The zero-order chi connectivity index (χ0) is 18.2. The van der Waals surface area contributed by atoms with Gasteiger partial charge in [0, 0.05) is 32.2 Å². The number of hydrogen-bond acceptors (Lipinski definition) is 3. The van der Waals surface area contributed by atoms with Crippen LogP contribution in [0.1, 0.15) is 29.5 Å². The third kappa shape index (κ3) is 5.33. The van der Waals surface area contributed by atoms with E-state index in [1.54, 1.807) is 12.1 Å². The molecule has 134 valence electrons. The topological polar surface area (TPSA) is 68.2 Å². The monoisotopic (exact) mass is 348 g/mol. The van der Waals surface area contributed by atoms with Crippen molar-refractivity contribution < 1.29 is 4.79 Å². The lowest BCUT2D eigenvalue weighted by Gasteiger charge is -2.32. The second-order valence-electron chi connectivity index (χ2n) is 6.67. The fourth-order valence-corrected chi connectivity index (χ4v) is 3.19. The van der Waals surface area contributed by atoms with Gasteiger partial charge in [0.2, 0.25) is 0 Å². The van der Waals surface area contributed by atoms with Crippen LogP contribution in [0.25, 0.3) is 0 Å². The van der Waals surface area contributed by atoms with Crippen molar-refractivity contribution in [2.75, 3.05) is 13.1 Å². The van der Waals surface area contributed by atoms with Gasteiger partial charge in [-0.25, -0.2) is 4.79 Å². The molecule has 1 aliphatic heterocycles. The summed E-state index contributed by atoms with van der Waals surface area (Å²) in [5.41, 5.74) is 2.94. The van der Waals surface area contributed by atoms with Gasteiger partial charge in [0.25, 0.3) is 0 Å². The van der Waals surface area contributed by atoms with E-state index in [1.807, 2.05) is 18.2 Å². The minimum Gasteiger partial charge on any atom is -0.335 e. The SMILES string of the molecule is N#Cc1ccc(CNC(=O)NC2CCN(Cc3ccccc3)CC2)cc1. The van der Waals surface area contributed by atoms with Gasteiger partial charge in [0.05, 0.1) is 11.6 Å². The van der Waals surface area contributed by atoms with Gasteiger partial charge in [-0.05, 0) is 36.1 Å². The Morgan fingerprint density at radius 1 is 1.04 bits per heavy atom. The van der Waals surface area contributed by atoms with Gasteiger partial charge in [0.15, 0.2) is 0 Å². The number of nitrogens with one attached hydrogen (secondary N) is 2. The Hall–Kier alpha value is -2.84. The zero-order valence-corrected chi connectivity index (χ0v) is 14.8. The first-order valence-corrected chi connectivity index (χ1v) is 9.02. The zero-order valence-electron chi connectivity index (χ0n) is 14.8. The number of carbonyl (C=O) groups is 1. The van der Waals surface area contributed by atoms with Gasteiger partial charge < -0.3 is 10.6 Å². The van der Waals surface area contributed by atoms with Crippen molar-refractivity contribution in [1.29, 1.82) is 5.26 Å². The molecule has 0 aromatic heterocycles. The van der Waals surface area contributed by atoms with E-state index < -0.39 is 0 Å². The summed E-state index contributed by atoms with van der Waals surface area (Å²) in [4.78, 5) is 14.5. The minimum absolute atomic E-state index is 0.129. The number of benzene rings is 2. The summed E-state index contributed by atoms with van der Waals surface area (Å²) in [5, 5.41) is 14.8. The lowest BCUT2D eigenvalue weighted by atomic mass is 10.0. The highest BCUT2D eigenvalue weighted by Gasteiger charge is 2.20. The van der Waals surface area contributed by atoms with E-state index in [4.69, 9.17) is 5.26 Å². The molecule has 0 aliphatic carbocycles. The molecule has 0 spiro atoms. The van der Waals surface area contributed by atoms with E-state index in [-0.39, 0.29) is 12.1 Å². The minimum atomic E-state index is -0.129. The smallest absolute Gasteiger partial charge is 0.315 e. The van der Waals surface area contributed by atoms with Crippen molar-refractivity contribution in [2.45, 2.75) is 32.0 Å². The number of nitrogens with zero attached hydrogens (tertiary/aromatic N) is 2. The van der Waals surface area contributed by atoms with Crippen LogP contribution in [0.2, 0.25) is 0 Å². The van der Waals surface area contributed by atoms with Crippen LogP contribution < -0.4 is 10.6 Å². The van der Waals surface area contributed by atoms with Gasteiger partial charge in [-0.1, -0.05) is 42.5 Å². The molecule has 0 bridgehead atoms. The molecule has 26 heavy (non-hydrogen) atoms. The van der Waals surface area contributed by atoms with Crippen molar-refractivity contribution in [3.63, 3.8) is 0 Å². The van der Waals surface area contributed by atoms with Gasteiger partial charge in [0.1, 0.15) is 0 Å². The molecule has 1 aliphatic rings. The Kier molecular flexibility index (Phi) is 6.24. The predicted octanol–water partition coefficient (Wildman–Crippen LogP) is 3.02. The maximum Gasteiger partial charge on any atom is 0.315 e. The van der Waals surface area contributed by atoms with E-state index in [1.165, 1.54) is 5.56 Å². The molecule has 5 nitrogen and oxygen atoms in total. The largest absolute Gasteiger partial charge is 0.335 e. The van der Waals surface area contributed by atoms with Crippen LogP contribution in [0, 0.1) is 11.3 Å². The lowest BCUT2D eigenvalue weighted by Crippen LogP contribution is -2.47. The molecule has 2 N–H and O–H groups in total. The highest BCUT2D eigenvalue weighted by Crippen LogP contribution is 2.13. The van der Waals surface area contributed by atoms with Crippen LogP contribution in [-0.2, 0) is 13.1 Å². The second kappa shape index (κ2) is 9.02. The molecule has 1 saturated heterocycles. The summed E-state index contributed by atoms with van der Waals surface area (Å²) < 4.78 is 0. The fourth-order valence-electron chi connectivity index (χ4n) is 3.19.